The highest BCUT2D eigenvalue weighted by Crippen LogP contribution is 2.49. The Kier molecular flexibility index (Phi) is 8.98. The first-order chi connectivity index (χ1) is 19.9. The fourth-order valence-corrected chi connectivity index (χ4v) is 10.0. The van der Waals surface area contributed by atoms with Crippen LogP contribution in [0.5, 0.6) is 17.2 Å². The average molecular weight is 615 g/mol. The van der Waals surface area contributed by atoms with E-state index in [0.717, 1.165) is 21.5 Å². The lowest BCUT2D eigenvalue weighted by Crippen LogP contribution is -2.48. The van der Waals surface area contributed by atoms with Gasteiger partial charge in [-0.05, 0) is 65.6 Å². The second-order valence-electron chi connectivity index (χ2n) is 14.6. The van der Waals surface area contributed by atoms with Crippen LogP contribution in [0.2, 0.25) is 36.3 Å². The molecule has 0 saturated heterocycles. The van der Waals surface area contributed by atoms with Gasteiger partial charge >= 0.3 is 5.97 Å². The van der Waals surface area contributed by atoms with E-state index in [-0.39, 0.29) is 10.1 Å². The lowest BCUT2D eigenvalue weighted by atomic mass is 9.99. The molecule has 4 rings (SSSR count). The van der Waals surface area contributed by atoms with Gasteiger partial charge in [0.1, 0.15) is 22.8 Å². The second-order valence-corrected chi connectivity index (χ2v) is 23.7. The summed E-state index contributed by atoms with van der Waals surface area (Å²) in [7, 11) is -4.73. The van der Waals surface area contributed by atoms with Crippen LogP contribution in [-0.4, -0.2) is 22.6 Å². The van der Waals surface area contributed by atoms with Crippen LogP contribution in [0.4, 0.5) is 0 Å². The molecule has 4 nitrogen and oxygen atoms in total. The van der Waals surface area contributed by atoms with E-state index in [1.165, 1.54) is 0 Å². The molecule has 0 fully saturated rings. The van der Waals surface area contributed by atoms with E-state index in [2.05, 4.69) is 87.6 Å². The molecule has 230 valence electrons. The van der Waals surface area contributed by atoms with Crippen molar-refractivity contribution in [2.24, 2.45) is 11.8 Å². The summed E-state index contributed by atoms with van der Waals surface area (Å²) in [6, 6.07) is 23.8. The zero-order valence-electron chi connectivity index (χ0n) is 28.2. The van der Waals surface area contributed by atoms with E-state index in [1.807, 2.05) is 66.7 Å². The Morgan fingerprint density at radius 3 is 1.70 bits per heavy atom. The predicted molar refractivity (Wildman–Crippen MR) is 187 cm³/mol. The van der Waals surface area contributed by atoms with Gasteiger partial charge in [0.05, 0.1) is 0 Å². The van der Waals surface area contributed by atoms with Crippen LogP contribution in [0.1, 0.15) is 65.7 Å². The molecule has 0 amide bonds. The summed E-state index contributed by atoms with van der Waals surface area (Å²) in [5, 5.41) is 3.66. The maximum absolute atomic E-state index is 14.3. The Hall–Kier alpha value is -3.10. The van der Waals surface area contributed by atoms with Crippen LogP contribution in [0, 0.1) is 11.8 Å². The Bertz CT molecular complexity index is 1630. The van der Waals surface area contributed by atoms with Crippen molar-refractivity contribution in [2.75, 3.05) is 0 Å². The first-order valence-corrected chi connectivity index (χ1v) is 21.4. The molecule has 43 heavy (non-hydrogen) atoms. The minimum Gasteiger partial charge on any atom is -0.543 e. The van der Waals surface area contributed by atoms with Crippen molar-refractivity contribution in [3.63, 3.8) is 0 Å². The van der Waals surface area contributed by atoms with Crippen molar-refractivity contribution in [3.8, 4) is 17.2 Å². The van der Waals surface area contributed by atoms with E-state index in [4.69, 9.17) is 13.6 Å². The molecular weight excluding hydrogens is 565 g/mol. The van der Waals surface area contributed by atoms with Crippen molar-refractivity contribution in [1.82, 2.24) is 0 Å². The molecule has 0 aliphatic rings. The van der Waals surface area contributed by atoms with Gasteiger partial charge in [0.2, 0.25) is 0 Å². The monoisotopic (exact) mass is 614 g/mol. The highest BCUT2D eigenvalue weighted by atomic mass is 28.4. The topological polar surface area (TPSA) is 44.8 Å². The largest absolute Gasteiger partial charge is 0.543 e. The summed E-state index contributed by atoms with van der Waals surface area (Å²) < 4.78 is 20.3. The number of benzene rings is 4. The fraction of sp³-hybridized carbons (Fsp3) is 0.432. The van der Waals surface area contributed by atoms with Crippen LogP contribution < -0.4 is 13.6 Å². The van der Waals surface area contributed by atoms with Crippen LogP contribution >= 0.6 is 0 Å². The van der Waals surface area contributed by atoms with Gasteiger partial charge in [-0.1, -0.05) is 116 Å². The molecular formula is C37H50O4Si2. The van der Waals surface area contributed by atoms with E-state index in [1.54, 1.807) is 0 Å². The van der Waals surface area contributed by atoms with Gasteiger partial charge in [-0.2, -0.15) is 0 Å². The van der Waals surface area contributed by atoms with Gasteiger partial charge in [-0.25, -0.2) is 4.79 Å². The van der Waals surface area contributed by atoms with Gasteiger partial charge in [0.25, 0.3) is 16.6 Å². The summed E-state index contributed by atoms with van der Waals surface area (Å²) >= 11 is 0. The van der Waals surface area contributed by atoms with Crippen molar-refractivity contribution in [2.45, 2.75) is 91.7 Å². The molecule has 0 aliphatic carbocycles. The second kappa shape index (κ2) is 11.8. The molecule has 0 aromatic heterocycles. The molecule has 0 bridgehead atoms. The number of ether oxygens (including phenoxy) is 1. The summed E-state index contributed by atoms with van der Waals surface area (Å²) in [4.78, 5) is 14.3. The third-order valence-corrected chi connectivity index (χ3v) is 19.6. The van der Waals surface area contributed by atoms with Crippen LogP contribution in [0.3, 0.4) is 0 Å². The molecule has 0 spiro atoms. The van der Waals surface area contributed by atoms with E-state index < -0.39 is 22.6 Å². The standard InChI is InChI=1S/C37H50O4Si2/c1-25(2)36(5,6)42(9,10)40-33-24-31(35(38)39-32-23-17-19-27-18-13-14-20-28(27)32)34(30-22-16-15-21-29(30)33)41-43(11,12)37(7,8)26(3)4/h13-26H,1-12H3. The normalized spacial score (nSPS) is 13.2. The number of fused-ring (bicyclic) bond motifs is 2. The maximum Gasteiger partial charge on any atom is 0.347 e. The lowest BCUT2D eigenvalue weighted by molar-refractivity contribution is 0.0735. The van der Waals surface area contributed by atoms with Gasteiger partial charge in [0.15, 0.2) is 0 Å². The molecule has 0 heterocycles. The van der Waals surface area contributed by atoms with E-state index >= 15 is 0 Å². The molecule has 0 unspecified atom stereocenters. The van der Waals surface area contributed by atoms with Gasteiger partial charge < -0.3 is 13.6 Å². The summed E-state index contributed by atoms with van der Waals surface area (Å²) in [6.45, 7) is 27.1. The number of rotatable bonds is 10. The lowest BCUT2D eigenvalue weighted by Gasteiger charge is -2.43. The average Bonchev–Trinajstić information content (AvgIpc) is 2.93. The van der Waals surface area contributed by atoms with Crippen molar-refractivity contribution >= 4 is 44.1 Å². The number of carbonyl (C=O) groups excluding carboxylic acids is 1. The smallest absolute Gasteiger partial charge is 0.347 e. The van der Waals surface area contributed by atoms with Crippen molar-refractivity contribution in [1.29, 1.82) is 0 Å². The molecule has 0 atom stereocenters. The zero-order valence-corrected chi connectivity index (χ0v) is 30.2. The Morgan fingerprint density at radius 1 is 0.628 bits per heavy atom. The summed E-state index contributed by atoms with van der Waals surface area (Å²) in [6.07, 6.45) is 0. The predicted octanol–water partition coefficient (Wildman–Crippen LogP) is 11.3. The number of carbonyl (C=O) groups is 1. The van der Waals surface area contributed by atoms with Crippen LogP contribution in [-0.2, 0) is 0 Å². The van der Waals surface area contributed by atoms with Crippen molar-refractivity contribution < 1.29 is 18.4 Å². The minimum absolute atomic E-state index is 0.0108. The first kappa shape index (κ1) is 32.8. The van der Waals surface area contributed by atoms with E-state index in [9.17, 15) is 4.79 Å². The highest BCUT2D eigenvalue weighted by molar-refractivity contribution is 6.75. The molecule has 0 aliphatic heterocycles. The third kappa shape index (κ3) is 6.14. The number of hydrogen-bond acceptors (Lipinski definition) is 4. The molecule has 4 aromatic rings. The highest BCUT2D eigenvalue weighted by Gasteiger charge is 2.47. The molecule has 6 heteroatoms. The molecule has 0 N–H and O–H groups in total. The first-order valence-electron chi connectivity index (χ1n) is 15.5. The summed E-state index contributed by atoms with van der Waals surface area (Å²) in [5.41, 5.74) is 0.397. The quantitative estimate of drug-likeness (QED) is 0.101. The third-order valence-electron chi connectivity index (χ3n) is 10.8. The molecule has 4 aromatic carbocycles. The Balaban J connectivity index is 1.94. The molecule has 0 saturated carbocycles. The SMILES string of the molecule is CC(C)C(C)(C)[Si](C)(C)Oc1cc(C(=O)Oc2cccc3ccccc23)c(O[Si](C)(C)C(C)(C)C(C)C)c2ccccc12. The van der Waals surface area contributed by atoms with Gasteiger partial charge in [-0.3, -0.25) is 0 Å². The Labute approximate surface area is 261 Å². The maximum atomic E-state index is 14.3. The number of hydrogen-bond donors (Lipinski definition) is 0. The Morgan fingerprint density at radius 2 is 1.12 bits per heavy atom. The van der Waals surface area contributed by atoms with Crippen LogP contribution in [0.15, 0.2) is 72.8 Å². The number of esters is 1. The van der Waals surface area contributed by atoms with Crippen LogP contribution in [0.25, 0.3) is 21.5 Å². The van der Waals surface area contributed by atoms with Crippen molar-refractivity contribution in [3.05, 3.63) is 78.4 Å². The minimum atomic E-state index is -2.41. The zero-order chi connectivity index (χ0) is 32.0. The van der Waals surface area contributed by atoms with Gasteiger partial charge in [-0.15, -0.1) is 0 Å². The van der Waals surface area contributed by atoms with E-state index in [0.29, 0.717) is 34.6 Å². The van der Waals surface area contributed by atoms with Gasteiger partial charge in [0, 0.05) is 16.2 Å². The molecule has 0 radical (unpaired) electrons. The fourth-order valence-electron chi connectivity index (χ4n) is 5.28. The summed E-state index contributed by atoms with van der Waals surface area (Å²) in [5.74, 6) is 2.21.